The molecule has 5 heteroatoms. The minimum Gasteiger partial charge on any atom is -0.386 e. The summed E-state index contributed by atoms with van der Waals surface area (Å²) in [5.41, 5.74) is 1.88. The van der Waals surface area contributed by atoms with Gasteiger partial charge in [0.05, 0.1) is 17.4 Å². The van der Waals surface area contributed by atoms with Crippen LogP contribution < -0.4 is 10.6 Å². The van der Waals surface area contributed by atoms with Crippen LogP contribution in [0, 0.1) is 5.82 Å². The minimum atomic E-state index is -0.313. The Labute approximate surface area is 110 Å². The monoisotopic (exact) mass is 259 g/mol. The molecule has 0 bridgehead atoms. The number of nitrogens with zero attached hydrogens (tertiary/aromatic N) is 1. The van der Waals surface area contributed by atoms with Gasteiger partial charge in [0.25, 0.3) is 5.91 Å². The van der Waals surface area contributed by atoms with Gasteiger partial charge >= 0.3 is 0 Å². The number of hydrogen-bond donors (Lipinski definition) is 2. The summed E-state index contributed by atoms with van der Waals surface area (Å²) in [6, 6.07) is 7.77. The van der Waals surface area contributed by atoms with Crippen molar-refractivity contribution >= 4 is 11.6 Å². The molecule has 1 aromatic carbocycles. The average Bonchev–Trinajstić information content (AvgIpc) is 2.45. The van der Waals surface area contributed by atoms with Crippen LogP contribution in [0.1, 0.15) is 15.9 Å². The van der Waals surface area contributed by atoms with Gasteiger partial charge in [-0.05, 0) is 23.8 Å². The Morgan fingerprint density at radius 2 is 2.21 bits per heavy atom. The van der Waals surface area contributed by atoms with E-state index < -0.39 is 0 Å². The number of pyridine rings is 1. The van der Waals surface area contributed by atoms with E-state index in [9.17, 15) is 9.18 Å². The molecule has 0 spiro atoms. The fourth-order valence-electron chi connectivity index (χ4n) is 1.72. The maximum absolute atomic E-state index is 13.0. The van der Waals surface area contributed by atoms with Crippen LogP contribution >= 0.6 is 0 Å². The van der Waals surface area contributed by atoms with Crippen LogP contribution in [-0.2, 0) is 6.54 Å². The predicted octanol–water partition coefficient (Wildman–Crippen LogP) is 2.19. The Kier molecular flexibility index (Phi) is 4.07. The highest BCUT2D eigenvalue weighted by Gasteiger charge is 2.09. The van der Waals surface area contributed by atoms with E-state index in [-0.39, 0.29) is 18.3 Å². The van der Waals surface area contributed by atoms with E-state index in [1.807, 2.05) is 0 Å². The van der Waals surface area contributed by atoms with Gasteiger partial charge in [0, 0.05) is 19.8 Å². The molecule has 0 aliphatic carbocycles. The first-order chi connectivity index (χ1) is 9.20. The normalized spacial score (nSPS) is 10.0. The zero-order valence-electron chi connectivity index (χ0n) is 10.5. The van der Waals surface area contributed by atoms with Crippen molar-refractivity contribution in [1.82, 2.24) is 10.3 Å². The van der Waals surface area contributed by atoms with Gasteiger partial charge in [0.15, 0.2) is 0 Å². The second-order valence-electron chi connectivity index (χ2n) is 3.98. The zero-order chi connectivity index (χ0) is 13.7. The van der Waals surface area contributed by atoms with Gasteiger partial charge in [-0.3, -0.25) is 9.78 Å². The van der Waals surface area contributed by atoms with Gasteiger partial charge in [-0.25, -0.2) is 4.39 Å². The van der Waals surface area contributed by atoms with Crippen molar-refractivity contribution in [2.24, 2.45) is 0 Å². The summed E-state index contributed by atoms with van der Waals surface area (Å²) in [6.07, 6.45) is 3.13. The third-order valence-electron chi connectivity index (χ3n) is 2.68. The van der Waals surface area contributed by atoms with Gasteiger partial charge < -0.3 is 10.6 Å². The molecule has 0 atom stereocenters. The number of nitrogens with one attached hydrogen (secondary N) is 2. The molecule has 0 aliphatic heterocycles. The standard InChI is InChI=1S/C14H14FN3O/c1-16-13-9-17-6-5-12(13)14(19)18-8-10-3-2-4-11(15)7-10/h2-7,9,16H,8H2,1H3,(H,18,19). The number of carbonyl (C=O) groups is 1. The quantitative estimate of drug-likeness (QED) is 0.885. The van der Waals surface area contributed by atoms with E-state index in [1.54, 1.807) is 37.6 Å². The molecule has 2 aromatic rings. The SMILES string of the molecule is CNc1cnccc1C(=O)NCc1cccc(F)c1. The molecule has 19 heavy (non-hydrogen) atoms. The van der Waals surface area contributed by atoms with E-state index in [0.29, 0.717) is 16.8 Å². The molecule has 2 rings (SSSR count). The highest BCUT2D eigenvalue weighted by molar-refractivity contribution is 5.99. The van der Waals surface area contributed by atoms with Crippen LogP contribution in [0.4, 0.5) is 10.1 Å². The lowest BCUT2D eigenvalue weighted by Gasteiger charge is -2.09. The van der Waals surface area contributed by atoms with Crippen molar-refractivity contribution in [2.45, 2.75) is 6.54 Å². The molecular weight excluding hydrogens is 245 g/mol. The Morgan fingerprint density at radius 3 is 2.95 bits per heavy atom. The molecule has 0 fully saturated rings. The molecule has 2 N–H and O–H groups in total. The fourth-order valence-corrected chi connectivity index (χ4v) is 1.72. The highest BCUT2D eigenvalue weighted by atomic mass is 19.1. The van der Waals surface area contributed by atoms with Gasteiger partial charge in [-0.1, -0.05) is 12.1 Å². The first-order valence-corrected chi connectivity index (χ1v) is 5.85. The highest BCUT2D eigenvalue weighted by Crippen LogP contribution is 2.12. The molecule has 0 saturated heterocycles. The molecular formula is C14H14FN3O. The molecule has 4 nitrogen and oxygen atoms in total. The van der Waals surface area contributed by atoms with Crippen LogP contribution in [0.3, 0.4) is 0 Å². The van der Waals surface area contributed by atoms with Crippen LogP contribution in [0.2, 0.25) is 0 Å². The van der Waals surface area contributed by atoms with Gasteiger partial charge in [-0.15, -0.1) is 0 Å². The van der Waals surface area contributed by atoms with E-state index in [1.165, 1.54) is 12.1 Å². The number of anilines is 1. The molecule has 1 heterocycles. The van der Waals surface area contributed by atoms with Crippen molar-refractivity contribution in [3.8, 4) is 0 Å². The third-order valence-corrected chi connectivity index (χ3v) is 2.68. The van der Waals surface area contributed by atoms with E-state index in [2.05, 4.69) is 15.6 Å². The first kappa shape index (κ1) is 13.0. The predicted molar refractivity (Wildman–Crippen MR) is 71.4 cm³/mol. The maximum Gasteiger partial charge on any atom is 0.253 e. The summed E-state index contributed by atoms with van der Waals surface area (Å²) >= 11 is 0. The lowest BCUT2D eigenvalue weighted by atomic mass is 10.2. The minimum absolute atomic E-state index is 0.226. The van der Waals surface area contributed by atoms with Crippen molar-refractivity contribution in [3.63, 3.8) is 0 Å². The van der Waals surface area contributed by atoms with Crippen molar-refractivity contribution in [2.75, 3.05) is 12.4 Å². The Hall–Kier alpha value is -2.43. The lowest BCUT2D eigenvalue weighted by Crippen LogP contribution is -2.23. The summed E-state index contributed by atoms with van der Waals surface area (Å²) in [7, 11) is 1.72. The molecule has 98 valence electrons. The number of halogens is 1. The lowest BCUT2D eigenvalue weighted by molar-refractivity contribution is 0.0951. The van der Waals surface area contributed by atoms with Gasteiger partial charge in [0.1, 0.15) is 5.82 Å². The summed E-state index contributed by atoms with van der Waals surface area (Å²) in [6.45, 7) is 0.280. The summed E-state index contributed by atoms with van der Waals surface area (Å²) in [4.78, 5) is 15.9. The average molecular weight is 259 g/mol. The largest absolute Gasteiger partial charge is 0.386 e. The Bertz CT molecular complexity index is 586. The summed E-state index contributed by atoms with van der Waals surface area (Å²) in [5, 5.41) is 5.64. The zero-order valence-corrected chi connectivity index (χ0v) is 10.5. The number of hydrogen-bond acceptors (Lipinski definition) is 3. The number of amides is 1. The van der Waals surface area contributed by atoms with E-state index >= 15 is 0 Å². The van der Waals surface area contributed by atoms with Gasteiger partial charge in [-0.2, -0.15) is 0 Å². The second kappa shape index (κ2) is 5.95. The first-order valence-electron chi connectivity index (χ1n) is 5.85. The van der Waals surface area contributed by atoms with Crippen LogP contribution in [-0.4, -0.2) is 17.9 Å². The molecule has 1 aromatic heterocycles. The molecule has 0 radical (unpaired) electrons. The molecule has 0 aliphatic rings. The smallest absolute Gasteiger partial charge is 0.253 e. The molecule has 0 unspecified atom stereocenters. The van der Waals surface area contributed by atoms with Crippen molar-refractivity contribution in [3.05, 3.63) is 59.7 Å². The van der Waals surface area contributed by atoms with Gasteiger partial charge in [0.2, 0.25) is 0 Å². The van der Waals surface area contributed by atoms with Crippen LogP contribution in [0.25, 0.3) is 0 Å². The fraction of sp³-hybridized carbons (Fsp3) is 0.143. The summed E-state index contributed by atoms with van der Waals surface area (Å²) in [5.74, 6) is -0.539. The van der Waals surface area contributed by atoms with Crippen LogP contribution in [0.15, 0.2) is 42.7 Å². The Morgan fingerprint density at radius 1 is 1.37 bits per heavy atom. The number of carbonyl (C=O) groups excluding carboxylic acids is 1. The van der Waals surface area contributed by atoms with Crippen LogP contribution in [0.5, 0.6) is 0 Å². The van der Waals surface area contributed by atoms with E-state index in [4.69, 9.17) is 0 Å². The van der Waals surface area contributed by atoms with Crippen molar-refractivity contribution in [1.29, 1.82) is 0 Å². The maximum atomic E-state index is 13.0. The van der Waals surface area contributed by atoms with Crippen molar-refractivity contribution < 1.29 is 9.18 Å². The molecule has 0 saturated carbocycles. The summed E-state index contributed by atoms with van der Waals surface area (Å²) < 4.78 is 13.0. The third kappa shape index (κ3) is 3.28. The second-order valence-corrected chi connectivity index (χ2v) is 3.98. The number of benzene rings is 1. The Balaban J connectivity index is 2.05. The van der Waals surface area contributed by atoms with E-state index in [0.717, 1.165) is 0 Å². The number of rotatable bonds is 4. The number of aromatic nitrogens is 1. The molecule has 1 amide bonds. The topological polar surface area (TPSA) is 54.0 Å².